The Bertz CT molecular complexity index is 270. The van der Waals surface area contributed by atoms with Crippen LogP contribution in [-0.2, 0) is 4.79 Å². The number of amides is 3. The van der Waals surface area contributed by atoms with Crippen molar-refractivity contribution in [1.29, 1.82) is 0 Å². The number of carbonyl (C=O) groups excluding carboxylic acids is 2. The predicted molar refractivity (Wildman–Crippen MR) is 60.5 cm³/mol. The Labute approximate surface area is 91.3 Å². The fraction of sp³-hybridized carbons (Fsp3) is 0.636. The molecule has 0 saturated heterocycles. The number of nitrogens with zero attached hydrogens (tertiary/aromatic N) is 1. The maximum atomic E-state index is 11.7. The van der Waals surface area contributed by atoms with Gasteiger partial charge in [0.1, 0.15) is 0 Å². The Morgan fingerprint density at radius 1 is 1.20 bits per heavy atom. The Hall–Kier alpha value is -1.32. The van der Waals surface area contributed by atoms with Crippen LogP contribution in [0.3, 0.4) is 0 Å². The fourth-order valence-electron chi connectivity index (χ4n) is 1.08. The standard InChI is InChI=1S/C11H20N2O2/c1-7(2)10(14)13(9(5)6)11(15)12-8(3)4/h8-9H,1H2,2-6H3,(H,12,15). The van der Waals surface area contributed by atoms with Crippen LogP contribution in [0.15, 0.2) is 12.2 Å². The number of hydrogen-bond acceptors (Lipinski definition) is 2. The van der Waals surface area contributed by atoms with Crippen molar-refractivity contribution in [3.8, 4) is 0 Å². The van der Waals surface area contributed by atoms with Gasteiger partial charge < -0.3 is 5.32 Å². The average molecular weight is 212 g/mol. The molecular formula is C11H20N2O2. The summed E-state index contributed by atoms with van der Waals surface area (Å²) in [5.41, 5.74) is 0.364. The molecule has 3 amide bonds. The summed E-state index contributed by atoms with van der Waals surface area (Å²) in [6.45, 7) is 12.4. The zero-order chi connectivity index (χ0) is 12.2. The lowest BCUT2D eigenvalue weighted by atomic mass is 10.2. The first-order chi connectivity index (χ1) is 6.77. The second kappa shape index (κ2) is 5.53. The van der Waals surface area contributed by atoms with Crippen LogP contribution in [-0.4, -0.2) is 28.9 Å². The number of imide groups is 1. The molecule has 0 atom stereocenters. The largest absolute Gasteiger partial charge is 0.335 e. The highest BCUT2D eigenvalue weighted by Crippen LogP contribution is 2.05. The van der Waals surface area contributed by atoms with Crippen molar-refractivity contribution < 1.29 is 9.59 Å². The summed E-state index contributed by atoms with van der Waals surface area (Å²) in [6.07, 6.45) is 0. The van der Waals surface area contributed by atoms with Crippen molar-refractivity contribution in [3.05, 3.63) is 12.2 Å². The molecule has 15 heavy (non-hydrogen) atoms. The first kappa shape index (κ1) is 13.7. The molecule has 0 fully saturated rings. The van der Waals surface area contributed by atoms with Gasteiger partial charge in [-0.05, 0) is 34.6 Å². The van der Waals surface area contributed by atoms with Gasteiger partial charge in [0.2, 0.25) is 0 Å². The highest BCUT2D eigenvalue weighted by molar-refractivity contribution is 6.03. The van der Waals surface area contributed by atoms with E-state index in [4.69, 9.17) is 0 Å². The summed E-state index contributed by atoms with van der Waals surface area (Å²) in [7, 11) is 0. The van der Waals surface area contributed by atoms with E-state index in [9.17, 15) is 9.59 Å². The molecular weight excluding hydrogens is 192 g/mol. The van der Waals surface area contributed by atoms with E-state index in [0.717, 1.165) is 0 Å². The summed E-state index contributed by atoms with van der Waals surface area (Å²) in [5.74, 6) is -0.330. The van der Waals surface area contributed by atoms with Gasteiger partial charge in [0.15, 0.2) is 0 Å². The third-order valence-corrected chi connectivity index (χ3v) is 1.73. The van der Waals surface area contributed by atoms with E-state index >= 15 is 0 Å². The smallest absolute Gasteiger partial charge is 0.324 e. The van der Waals surface area contributed by atoms with E-state index in [1.807, 2.05) is 13.8 Å². The van der Waals surface area contributed by atoms with E-state index in [-0.39, 0.29) is 24.0 Å². The number of hydrogen-bond donors (Lipinski definition) is 1. The number of urea groups is 1. The SMILES string of the molecule is C=C(C)C(=O)N(C(=O)NC(C)C)C(C)C. The second-order valence-electron chi connectivity index (χ2n) is 4.15. The Morgan fingerprint density at radius 2 is 1.67 bits per heavy atom. The molecule has 0 aliphatic heterocycles. The van der Waals surface area contributed by atoms with Crippen molar-refractivity contribution in [1.82, 2.24) is 10.2 Å². The van der Waals surface area contributed by atoms with Gasteiger partial charge in [-0.25, -0.2) is 4.79 Å². The van der Waals surface area contributed by atoms with Crippen molar-refractivity contribution in [3.63, 3.8) is 0 Å². The average Bonchev–Trinajstić information content (AvgIpc) is 2.01. The number of rotatable bonds is 3. The quantitative estimate of drug-likeness (QED) is 0.726. The minimum absolute atomic E-state index is 0.0108. The molecule has 0 aromatic carbocycles. The summed E-state index contributed by atoms with van der Waals surface area (Å²) < 4.78 is 0. The molecule has 0 unspecified atom stereocenters. The van der Waals surface area contributed by atoms with Gasteiger partial charge in [0, 0.05) is 17.7 Å². The Balaban J connectivity index is 4.75. The molecule has 0 aromatic heterocycles. The minimum atomic E-state index is -0.368. The molecule has 4 nitrogen and oxygen atoms in total. The third kappa shape index (κ3) is 4.14. The summed E-state index contributed by atoms with van der Waals surface area (Å²) in [4.78, 5) is 24.5. The predicted octanol–water partition coefficient (Wildman–Crippen LogP) is 1.92. The van der Waals surface area contributed by atoms with Crippen LogP contribution in [0.4, 0.5) is 4.79 Å². The zero-order valence-corrected chi connectivity index (χ0v) is 10.1. The molecule has 0 bridgehead atoms. The van der Waals surface area contributed by atoms with E-state index in [2.05, 4.69) is 11.9 Å². The van der Waals surface area contributed by atoms with E-state index < -0.39 is 0 Å². The van der Waals surface area contributed by atoms with Gasteiger partial charge in [-0.15, -0.1) is 0 Å². The van der Waals surface area contributed by atoms with E-state index in [0.29, 0.717) is 5.57 Å². The fourth-order valence-corrected chi connectivity index (χ4v) is 1.08. The van der Waals surface area contributed by atoms with Gasteiger partial charge in [0.25, 0.3) is 5.91 Å². The Morgan fingerprint density at radius 3 is 1.93 bits per heavy atom. The molecule has 0 aromatic rings. The summed E-state index contributed by atoms with van der Waals surface area (Å²) in [6, 6.07) is -0.530. The van der Waals surface area contributed by atoms with Crippen molar-refractivity contribution in [2.24, 2.45) is 0 Å². The van der Waals surface area contributed by atoms with Crippen molar-refractivity contribution >= 4 is 11.9 Å². The first-order valence-corrected chi connectivity index (χ1v) is 5.07. The molecule has 0 saturated carbocycles. The van der Waals surface area contributed by atoms with Gasteiger partial charge in [0.05, 0.1) is 0 Å². The van der Waals surface area contributed by atoms with Crippen LogP contribution >= 0.6 is 0 Å². The van der Waals surface area contributed by atoms with Gasteiger partial charge in [-0.3, -0.25) is 9.69 Å². The van der Waals surface area contributed by atoms with Crippen LogP contribution in [0.25, 0.3) is 0 Å². The van der Waals surface area contributed by atoms with Crippen molar-refractivity contribution in [2.45, 2.75) is 46.7 Å². The third-order valence-electron chi connectivity index (χ3n) is 1.73. The van der Waals surface area contributed by atoms with Crippen LogP contribution in [0.1, 0.15) is 34.6 Å². The highest BCUT2D eigenvalue weighted by Gasteiger charge is 2.24. The zero-order valence-electron chi connectivity index (χ0n) is 10.1. The second-order valence-corrected chi connectivity index (χ2v) is 4.15. The van der Waals surface area contributed by atoms with E-state index in [1.165, 1.54) is 4.90 Å². The van der Waals surface area contributed by atoms with Gasteiger partial charge >= 0.3 is 6.03 Å². The normalized spacial score (nSPS) is 10.3. The summed E-state index contributed by atoms with van der Waals surface area (Å²) in [5, 5.41) is 2.68. The number of nitrogens with one attached hydrogen (secondary N) is 1. The van der Waals surface area contributed by atoms with Crippen LogP contribution < -0.4 is 5.32 Å². The topological polar surface area (TPSA) is 49.4 Å². The highest BCUT2D eigenvalue weighted by atomic mass is 16.2. The molecule has 86 valence electrons. The molecule has 4 heteroatoms. The Kier molecular flexibility index (Phi) is 5.05. The summed E-state index contributed by atoms with van der Waals surface area (Å²) >= 11 is 0. The van der Waals surface area contributed by atoms with E-state index in [1.54, 1.807) is 20.8 Å². The van der Waals surface area contributed by atoms with Crippen LogP contribution in [0.2, 0.25) is 0 Å². The van der Waals surface area contributed by atoms with Gasteiger partial charge in [-0.2, -0.15) is 0 Å². The molecule has 0 spiro atoms. The lowest BCUT2D eigenvalue weighted by Gasteiger charge is -2.26. The molecule has 0 radical (unpaired) electrons. The molecule has 0 heterocycles. The number of carbonyl (C=O) groups is 2. The molecule has 0 rings (SSSR count). The van der Waals surface area contributed by atoms with Crippen LogP contribution in [0, 0.1) is 0 Å². The first-order valence-electron chi connectivity index (χ1n) is 5.07. The monoisotopic (exact) mass is 212 g/mol. The van der Waals surface area contributed by atoms with Gasteiger partial charge in [-0.1, -0.05) is 6.58 Å². The molecule has 1 N–H and O–H groups in total. The van der Waals surface area contributed by atoms with Crippen LogP contribution in [0.5, 0.6) is 0 Å². The molecule has 0 aliphatic carbocycles. The van der Waals surface area contributed by atoms with Crippen molar-refractivity contribution in [2.75, 3.05) is 0 Å². The lowest BCUT2D eigenvalue weighted by molar-refractivity contribution is -0.125. The molecule has 0 aliphatic rings. The maximum Gasteiger partial charge on any atom is 0.324 e. The maximum absolute atomic E-state index is 11.7. The minimum Gasteiger partial charge on any atom is -0.335 e. The lowest BCUT2D eigenvalue weighted by Crippen LogP contribution is -2.49.